The lowest BCUT2D eigenvalue weighted by atomic mass is 9.96. The lowest BCUT2D eigenvalue weighted by molar-refractivity contribution is 0.295. The van der Waals surface area contributed by atoms with Crippen molar-refractivity contribution in [1.82, 2.24) is 0 Å². The number of epoxide rings is 1. The first-order valence-corrected chi connectivity index (χ1v) is 8.68. The van der Waals surface area contributed by atoms with E-state index < -0.39 is 0 Å². The maximum absolute atomic E-state index is 6.37. The minimum Gasteiger partial charge on any atom is -0.493 e. The van der Waals surface area contributed by atoms with Gasteiger partial charge in [-0.2, -0.15) is 0 Å². The van der Waals surface area contributed by atoms with Gasteiger partial charge in [0.15, 0.2) is 0 Å². The molecule has 0 amide bonds. The third kappa shape index (κ3) is 4.53. The first kappa shape index (κ1) is 17.4. The number of ether oxygens (including phenoxy) is 3. The molecule has 0 saturated carbocycles. The quantitative estimate of drug-likeness (QED) is 0.606. The predicted octanol–water partition coefficient (Wildman–Crippen LogP) is 4.88. The second-order valence-corrected chi connectivity index (χ2v) is 6.48. The maximum Gasteiger partial charge on any atom is 0.141 e. The molecule has 1 aliphatic heterocycles. The summed E-state index contributed by atoms with van der Waals surface area (Å²) in [6, 6.07) is 3.92. The Hall–Kier alpha value is -0.930. The van der Waals surface area contributed by atoms with Gasteiger partial charge in [-0.25, -0.2) is 0 Å². The Morgan fingerprint density at radius 2 is 1.73 bits per heavy atom. The lowest BCUT2D eigenvalue weighted by Gasteiger charge is -2.17. The molecule has 4 heteroatoms. The molecule has 1 aliphatic rings. The van der Waals surface area contributed by atoms with E-state index in [4.69, 9.17) is 25.8 Å². The van der Waals surface area contributed by atoms with Crippen LogP contribution in [0.4, 0.5) is 0 Å². The fourth-order valence-electron chi connectivity index (χ4n) is 2.67. The molecule has 3 unspecified atom stereocenters. The number of benzene rings is 1. The maximum atomic E-state index is 6.37. The highest BCUT2D eigenvalue weighted by atomic mass is 35.5. The van der Waals surface area contributed by atoms with Gasteiger partial charge in [0.25, 0.3) is 0 Å². The molecule has 1 fully saturated rings. The van der Waals surface area contributed by atoms with Crippen LogP contribution in [0.15, 0.2) is 12.1 Å². The molecule has 3 nitrogen and oxygen atoms in total. The SMILES string of the molecule is CCCOc1cc(OCCC)c(CC(C)C2OC2C)cc1Cl. The van der Waals surface area contributed by atoms with Crippen LogP contribution in [0.3, 0.4) is 0 Å². The van der Waals surface area contributed by atoms with Crippen molar-refractivity contribution in [2.24, 2.45) is 5.92 Å². The van der Waals surface area contributed by atoms with E-state index in [0.717, 1.165) is 30.6 Å². The summed E-state index contributed by atoms with van der Waals surface area (Å²) in [5.74, 6) is 2.05. The van der Waals surface area contributed by atoms with Gasteiger partial charge in [0.2, 0.25) is 0 Å². The first-order chi connectivity index (χ1) is 10.6. The molecule has 0 radical (unpaired) electrons. The van der Waals surface area contributed by atoms with E-state index >= 15 is 0 Å². The Bertz CT molecular complexity index is 489. The van der Waals surface area contributed by atoms with Gasteiger partial charge < -0.3 is 14.2 Å². The lowest BCUT2D eigenvalue weighted by Crippen LogP contribution is -2.11. The van der Waals surface area contributed by atoms with Crippen LogP contribution < -0.4 is 9.47 Å². The number of halogens is 1. The summed E-state index contributed by atoms with van der Waals surface area (Å²) in [7, 11) is 0. The summed E-state index contributed by atoms with van der Waals surface area (Å²) in [6.07, 6.45) is 3.57. The second-order valence-electron chi connectivity index (χ2n) is 6.07. The molecule has 1 aromatic rings. The van der Waals surface area contributed by atoms with Crippen molar-refractivity contribution >= 4 is 11.6 Å². The molecule has 2 rings (SSSR count). The molecule has 0 aromatic heterocycles. The van der Waals surface area contributed by atoms with E-state index in [-0.39, 0.29) is 0 Å². The summed E-state index contributed by atoms with van der Waals surface area (Å²) in [6.45, 7) is 9.88. The average molecular weight is 327 g/mol. The van der Waals surface area contributed by atoms with Crippen molar-refractivity contribution in [1.29, 1.82) is 0 Å². The monoisotopic (exact) mass is 326 g/mol. The van der Waals surface area contributed by atoms with E-state index in [1.807, 2.05) is 12.1 Å². The minimum atomic E-state index is 0.355. The van der Waals surface area contributed by atoms with E-state index in [1.54, 1.807) is 0 Å². The van der Waals surface area contributed by atoms with E-state index in [0.29, 0.717) is 42.1 Å². The number of rotatable bonds is 9. The zero-order valence-corrected chi connectivity index (χ0v) is 14.8. The molecular formula is C18H27ClO3. The summed E-state index contributed by atoms with van der Waals surface area (Å²) >= 11 is 6.37. The van der Waals surface area contributed by atoms with Gasteiger partial charge in [-0.15, -0.1) is 0 Å². The third-order valence-corrected chi connectivity index (χ3v) is 4.19. The van der Waals surface area contributed by atoms with Crippen LogP contribution in [0.5, 0.6) is 11.5 Å². The van der Waals surface area contributed by atoms with Crippen molar-refractivity contribution in [3.8, 4) is 11.5 Å². The zero-order valence-electron chi connectivity index (χ0n) is 14.0. The molecule has 124 valence electrons. The second kappa shape index (κ2) is 8.07. The van der Waals surface area contributed by atoms with Crippen LogP contribution in [0, 0.1) is 5.92 Å². The van der Waals surface area contributed by atoms with Crippen molar-refractivity contribution in [2.45, 2.75) is 59.2 Å². The molecule has 1 aromatic carbocycles. The van der Waals surface area contributed by atoms with Crippen LogP contribution in [-0.2, 0) is 11.2 Å². The molecule has 22 heavy (non-hydrogen) atoms. The van der Waals surface area contributed by atoms with E-state index in [2.05, 4.69) is 27.7 Å². The molecule has 1 heterocycles. The zero-order chi connectivity index (χ0) is 16.1. The van der Waals surface area contributed by atoms with Crippen molar-refractivity contribution in [2.75, 3.05) is 13.2 Å². The Morgan fingerprint density at radius 1 is 1.14 bits per heavy atom. The first-order valence-electron chi connectivity index (χ1n) is 8.30. The fourth-order valence-corrected chi connectivity index (χ4v) is 2.91. The highest BCUT2D eigenvalue weighted by Gasteiger charge is 2.39. The molecule has 0 spiro atoms. The van der Waals surface area contributed by atoms with Crippen LogP contribution >= 0.6 is 11.6 Å². The topological polar surface area (TPSA) is 31.0 Å². The predicted molar refractivity (Wildman–Crippen MR) is 90.2 cm³/mol. The van der Waals surface area contributed by atoms with Gasteiger partial charge in [-0.1, -0.05) is 32.4 Å². The fraction of sp³-hybridized carbons (Fsp3) is 0.667. The Balaban J connectivity index is 2.16. The average Bonchev–Trinajstić information content (AvgIpc) is 3.22. The highest BCUT2D eigenvalue weighted by molar-refractivity contribution is 6.32. The molecule has 0 N–H and O–H groups in total. The summed E-state index contributed by atoms with van der Waals surface area (Å²) in [5.41, 5.74) is 1.14. The third-order valence-electron chi connectivity index (χ3n) is 3.90. The molecule has 0 aliphatic carbocycles. The van der Waals surface area contributed by atoms with Gasteiger partial charge >= 0.3 is 0 Å². The molecular weight excluding hydrogens is 300 g/mol. The van der Waals surface area contributed by atoms with Crippen LogP contribution in [-0.4, -0.2) is 25.4 Å². The Labute approximate surface area is 138 Å². The van der Waals surface area contributed by atoms with Crippen molar-refractivity contribution < 1.29 is 14.2 Å². The van der Waals surface area contributed by atoms with E-state index in [1.165, 1.54) is 0 Å². The van der Waals surface area contributed by atoms with Crippen molar-refractivity contribution in [3.05, 3.63) is 22.7 Å². The van der Waals surface area contributed by atoms with Crippen molar-refractivity contribution in [3.63, 3.8) is 0 Å². The van der Waals surface area contributed by atoms with Gasteiger partial charge in [-0.05, 0) is 43.7 Å². The van der Waals surface area contributed by atoms with Crippen LogP contribution in [0.2, 0.25) is 5.02 Å². The standard InChI is InChI=1S/C18H27ClO3/c1-5-7-20-16-11-17(21-8-6-2)15(19)10-14(16)9-12(3)18-13(4)22-18/h10-13,18H,5-9H2,1-4H3. The van der Waals surface area contributed by atoms with Gasteiger partial charge in [0.1, 0.15) is 11.5 Å². The minimum absolute atomic E-state index is 0.355. The smallest absolute Gasteiger partial charge is 0.141 e. The van der Waals surface area contributed by atoms with Crippen LogP contribution in [0.1, 0.15) is 46.1 Å². The van der Waals surface area contributed by atoms with Gasteiger partial charge in [-0.3, -0.25) is 0 Å². The summed E-state index contributed by atoms with van der Waals surface area (Å²) in [4.78, 5) is 0. The molecule has 3 atom stereocenters. The van der Waals surface area contributed by atoms with Crippen LogP contribution in [0.25, 0.3) is 0 Å². The van der Waals surface area contributed by atoms with Gasteiger partial charge in [0.05, 0.1) is 30.4 Å². The summed E-state index contributed by atoms with van der Waals surface area (Å²) in [5, 5.41) is 0.657. The normalized spacial score (nSPS) is 21.5. The molecule has 1 saturated heterocycles. The van der Waals surface area contributed by atoms with E-state index in [9.17, 15) is 0 Å². The summed E-state index contributed by atoms with van der Waals surface area (Å²) < 4.78 is 17.2. The highest BCUT2D eigenvalue weighted by Crippen LogP contribution is 2.37. The number of hydrogen-bond donors (Lipinski definition) is 0. The molecule has 0 bridgehead atoms. The Kier molecular flexibility index (Phi) is 6.39. The Morgan fingerprint density at radius 3 is 2.27 bits per heavy atom. The van der Waals surface area contributed by atoms with Gasteiger partial charge in [0, 0.05) is 6.07 Å². The largest absolute Gasteiger partial charge is 0.493 e. The number of hydrogen-bond acceptors (Lipinski definition) is 3.